The minimum atomic E-state index is 0.592. The number of fused-ring (bicyclic) bond motifs is 1. The van der Waals surface area contributed by atoms with Crippen LogP contribution in [0.1, 0.15) is 11.5 Å². The molecule has 0 unspecified atom stereocenters. The lowest BCUT2D eigenvalue weighted by Gasteiger charge is -1.96. The van der Waals surface area contributed by atoms with Gasteiger partial charge in [0, 0.05) is 6.07 Å². The number of aryl methyl sites for hydroxylation is 1. The predicted octanol–water partition coefficient (Wildman–Crippen LogP) is 3.86. The largest absolute Gasteiger partial charge is 0.361 e. The standard InChI is InChI=1S/C12H10ClN3OS/c1-7-5-8(16-17-7)6-14-12-15-10-4-2-3-9(13)11(10)18-12/h2-5H,6H2,1H3,(H,14,15). The molecule has 1 aromatic carbocycles. The van der Waals surface area contributed by atoms with Crippen LogP contribution >= 0.6 is 22.9 Å². The Kier molecular flexibility index (Phi) is 2.93. The third kappa shape index (κ3) is 2.19. The van der Waals surface area contributed by atoms with Crippen LogP contribution in [0.2, 0.25) is 5.02 Å². The number of benzene rings is 1. The van der Waals surface area contributed by atoms with Crippen LogP contribution < -0.4 is 5.32 Å². The van der Waals surface area contributed by atoms with Gasteiger partial charge >= 0.3 is 0 Å². The van der Waals surface area contributed by atoms with E-state index in [1.165, 1.54) is 11.3 Å². The molecule has 0 aliphatic rings. The number of rotatable bonds is 3. The van der Waals surface area contributed by atoms with E-state index < -0.39 is 0 Å². The number of aromatic nitrogens is 2. The van der Waals surface area contributed by atoms with Crippen LogP contribution in [0.25, 0.3) is 10.2 Å². The summed E-state index contributed by atoms with van der Waals surface area (Å²) in [5.74, 6) is 0.805. The van der Waals surface area contributed by atoms with E-state index in [1.54, 1.807) is 0 Å². The summed E-state index contributed by atoms with van der Waals surface area (Å²) >= 11 is 7.64. The molecule has 18 heavy (non-hydrogen) atoms. The maximum absolute atomic E-state index is 6.11. The van der Waals surface area contributed by atoms with Crippen molar-refractivity contribution in [3.63, 3.8) is 0 Å². The minimum absolute atomic E-state index is 0.592. The first-order valence-electron chi connectivity index (χ1n) is 5.43. The van der Waals surface area contributed by atoms with Gasteiger partial charge in [0.1, 0.15) is 11.5 Å². The molecule has 2 heterocycles. The molecule has 2 aromatic heterocycles. The van der Waals surface area contributed by atoms with Crippen LogP contribution in [0.15, 0.2) is 28.8 Å². The van der Waals surface area contributed by atoms with Gasteiger partial charge < -0.3 is 9.84 Å². The predicted molar refractivity (Wildman–Crippen MR) is 73.2 cm³/mol. The Labute approximate surface area is 113 Å². The van der Waals surface area contributed by atoms with Crippen molar-refractivity contribution in [2.75, 3.05) is 5.32 Å². The summed E-state index contributed by atoms with van der Waals surface area (Å²) in [6.45, 7) is 2.46. The van der Waals surface area contributed by atoms with E-state index in [9.17, 15) is 0 Å². The van der Waals surface area contributed by atoms with Gasteiger partial charge in [0.25, 0.3) is 0 Å². The summed E-state index contributed by atoms with van der Waals surface area (Å²) < 4.78 is 6.00. The average Bonchev–Trinajstić information content (AvgIpc) is 2.93. The Morgan fingerprint density at radius 1 is 1.44 bits per heavy atom. The molecule has 4 nitrogen and oxygen atoms in total. The van der Waals surface area contributed by atoms with Gasteiger partial charge in [-0.2, -0.15) is 0 Å². The van der Waals surface area contributed by atoms with E-state index in [2.05, 4.69) is 15.5 Å². The molecule has 1 N–H and O–H groups in total. The fourth-order valence-corrected chi connectivity index (χ4v) is 2.81. The number of hydrogen-bond acceptors (Lipinski definition) is 5. The molecule has 0 bridgehead atoms. The third-order valence-corrected chi connectivity index (χ3v) is 3.95. The summed E-state index contributed by atoms with van der Waals surface area (Å²) in [5.41, 5.74) is 1.77. The Morgan fingerprint density at radius 3 is 3.06 bits per heavy atom. The van der Waals surface area contributed by atoms with Gasteiger partial charge in [-0.3, -0.25) is 0 Å². The normalized spacial score (nSPS) is 11.0. The molecule has 0 aliphatic heterocycles. The fraction of sp³-hybridized carbons (Fsp3) is 0.167. The zero-order valence-corrected chi connectivity index (χ0v) is 11.2. The second-order valence-corrected chi connectivity index (χ2v) is 5.30. The first-order valence-corrected chi connectivity index (χ1v) is 6.63. The smallest absolute Gasteiger partial charge is 0.184 e. The maximum Gasteiger partial charge on any atom is 0.184 e. The third-order valence-electron chi connectivity index (χ3n) is 2.46. The van der Waals surface area contributed by atoms with Crippen LogP contribution in [-0.2, 0) is 6.54 Å². The van der Waals surface area contributed by atoms with Gasteiger partial charge in [-0.05, 0) is 19.1 Å². The zero-order valence-electron chi connectivity index (χ0n) is 9.61. The monoisotopic (exact) mass is 279 g/mol. The molecule has 92 valence electrons. The molecule has 0 atom stereocenters. The van der Waals surface area contributed by atoms with Crippen LogP contribution in [0, 0.1) is 6.92 Å². The lowest BCUT2D eigenvalue weighted by atomic mass is 10.3. The van der Waals surface area contributed by atoms with Crippen LogP contribution in [0.3, 0.4) is 0 Å². The number of anilines is 1. The molecule has 3 rings (SSSR count). The highest BCUT2D eigenvalue weighted by Crippen LogP contribution is 2.31. The van der Waals surface area contributed by atoms with Crippen molar-refractivity contribution in [2.24, 2.45) is 0 Å². The highest BCUT2D eigenvalue weighted by atomic mass is 35.5. The van der Waals surface area contributed by atoms with E-state index in [-0.39, 0.29) is 0 Å². The molecule has 0 spiro atoms. The van der Waals surface area contributed by atoms with Crippen molar-refractivity contribution in [3.05, 3.63) is 40.7 Å². The summed E-state index contributed by atoms with van der Waals surface area (Å²) in [7, 11) is 0. The molecule has 0 fully saturated rings. The van der Waals surface area contributed by atoms with Gasteiger partial charge in [0.2, 0.25) is 0 Å². The lowest BCUT2D eigenvalue weighted by molar-refractivity contribution is 0.391. The fourth-order valence-electron chi connectivity index (χ4n) is 1.66. The Balaban J connectivity index is 1.81. The summed E-state index contributed by atoms with van der Waals surface area (Å²) in [5, 5.41) is 8.70. The lowest BCUT2D eigenvalue weighted by Crippen LogP contribution is -1.98. The molecule has 0 saturated carbocycles. The Bertz CT molecular complexity index is 692. The molecule has 0 aliphatic carbocycles. The second-order valence-electron chi connectivity index (χ2n) is 3.89. The zero-order chi connectivity index (χ0) is 12.5. The molecule has 0 saturated heterocycles. The van der Waals surface area contributed by atoms with E-state index in [1.807, 2.05) is 31.2 Å². The first-order chi connectivity index (χ1) is 8.72. The van der Waals surface area contributed by atoms with Crippen molar-refractivity contribution < 1.29 is 4.52 Å². The minimum Gasteiger partial charge on any atom is -0.361 e. The Hall–Kier alpha value is -1.59. The molecular formula is C12H10ClN3OS. The van der Waals surface area contributed by atoms with E-state index >= 15 is 0 Å². The summed E-state index contributed by atoms with van der Waals surface area (Å²) in [6.07, 6.45) is 0. The topological polar surface area (TPSA) is 51.0 Å². The van der Waals surface area contributed by atoms with Crippen LogP contribution in [0.4, 0.5) is 5.13 Å². The van der Waals surface area contributed by atoms with Crippen molar-refractivity contribution in [1.82, 2.24) is 10.1 Å². The van der Waals surface area contributed by atoms with E-state index in [4.69, 9.17) is 16.1 Å². The molecular weight excluding hydrogens is 270 g/mol. The van der Waals surface area contributed by atoms with Gasteiger partial charge in [0.05, 0.1) is 21.8 Å². The highest BCUT2D eigenvalue weighted by molar-refractivity contribution is 7.22. The SMILES string of the molecule is Cc1cc(CNc2nc3cccc(Cl)c3s2)no1. The second kappa shape index (κ2) is 4.59. The van der Waals surface area contributed by atoms with E-state index in [0.717, 1.165) is 31.8 Å². The summed E-state index contributed by atoms with van der Waals surface area (Å²) in [4.78, 5) is 4.46. The quantitative estimate of drug-likeness (QED) is 0.791. The number of nitrogens with one attached hydrogen (secondary N) is 1. The summed E-state index contributed by atoms with van der Waals surface area (Å²) in [6, 6.07) is 7.61. The molecule has 0 amide bonds. The van der Waals surface area contributed by atoms with Gasteiger partial charge in [0.15, 0.2) is 5.13 Å². The average molecular weight is 280 g/mol. The Morgan fingerprint density at radius 2 is 2.33 bits per heavy atom. The number of halogens is 1. The van der Waals surface area contributed by atoms with Crippen LogP contribution in [-0.4, -0.2) is 10.1 Å². The van der Waals surface area contributed by atoms with Crippen molar-refractivity contribution in [3.8, 4) is 0 Å². The van der Waals surface area contributed by atoms with Crippen LogP contribution in [0.5, 0.6) is 0 Å². The number of hydrogen-bond donors (Lipinski definition) is 1. The van der Waals surface area contributed by atoms with Crippen molar-refractivity contribution in [1.29, 1.82) is 0 Å². The maximum atomic E-state index is 6.11. The van der Waals surface area contributed by atoms with E-state index in [0.29, 0.717) is 6.54 Å². The number of nitrogens with zero attached hydrogens (tertiary/aromatic N) is 2. The molecule has 3 aromatic rings. The van der Waals surface area contributed by atoms with Crippen molar-refractivity contribution >= 4 is 38.3 Å². The first kappa shape index (κ1) is 11.5. The molecule has 0 radical (unpaired) electrons. The highest BCUT2D eigenvalue weighted by Gasteiger charge is 2.07. The number of thiazole rings is 1. The molecule has 6 heteroatoms. The van der Waals surface area contributed by atoms with Gasteiger partial charge in [-0.1, -0.05) is 34.2 Å². The van der Waals surface area contributed by atoms with Gasteiger partial charge in [-0.15, -0.1) is 0 Å². The van der Waals surface area contributed by atoms with Crippen molar-refractivity contribution in [2.45, 2.75) is 13.5 Å². The van der Waals surface area contributed by atoms with Gasteiger partial charge in [-0.25, -0.2) is 4.98 Å².